The van der Waals surface area contributed by atoms with Crippen molar-refractivity contribution in [2.45, 2.75) is 120 Å². The minimum Gasteiger partial charge on any atom is -0.444 e. The summed E-state index contributed by atoms with van der Waals surface area (Å²) < 4.78 is 21.0. The Morgan fingerprint density at radius 2 is 0.961 bits per heavy atom. The van der Waals surface area contributed by atoms with Gasteiger partial charge in [0.05, 0.1) is 57.9 Å². The summed E-state index contributed by atoms with van der Waals surface area (Å²) in [6, 6.07) is 40.0. The standard InChI is InChI=1S/C26H34N2O5.C22H27NO3.C9H13NO2.CH2Cl2.CH3F/c1-26(2,3)33-25(32)28-15-13-18(14-16-28)20-11-7-8-12-21(20)24(31)27-22(17-29)23(30)19-9-5-4-6-10-19;24-15-20(21(25)17-11-5-2-6-12-17)23-22(26)19-14-8-7-13-18(19)16-9-3-1-4-10-16;10-8(6-11)9(12)7-4-2-1-3-5-7;2-1-3;1-2/h4-12,18,22-23,29-30H,13-17H2,1-3H3,(H,27,31);2,5-8,11-14,16,20-21,24-25H,1,3-4,9-10,15H2,(H,23,26);1-5,8-9,11-12H,6,10H2;1H2;1H3/t22-,23-;20-,21-;8-,9-;;/m000../s1/i;;;;1D. The zero-order valence-corrected chi connectivity index (χ0v) is 45.3. The number of carbonyl (C=O) groups is 3. The van der Waals surface area contributed by atoms with Gasteiger partial charge >= 0.3 is 6.09 Å². The normalized spacial score (nSPS) is 16.2. The lowest BCUT2D eigenvalue weighted by atomic mass is 9.82. The van der Waals surface area contributed by atoms with Gasteiger partial charge in [0, 0.05) is 24.2 Å². The van der Waals surface area contributed by atoms with E-state index in [9.17, 15) is 44.3 Å². The summed E-state index contributed by atoms with van der Waals surface area (Å²) in [5.41, 5.74) is 10.1. The van der Waals surface area contributed by atoms with Crippen molar-refractivity contribution in [2.75, 3.05) is 45.4 Å². The Bertz CT molecular complexity index is 2420. The minimum atomic E-state index is -1.02. The van der Waals surface area contributed by atoms with E-state index < -0.39 is 55.8 Å². The van der Waals surface area contributed by atoms with Gasteiger partial charge in [-0.2, -0.15) is 0 Å². The summed E-state index contributed by atoms with van der Waals surface area (Å²) in [5, 5.41) is 64.6. The van der Waals surface area contributed by atoms with E-state index >= 15 is 0 Å². The molecule has 1 aliphatic heterocycles. The van der Waals surface area contributed by atoms with Crippen LogP contribution in [0.2, 0.25) is 0 Å². The van der Waals surface area contributed by atoms with Crippen LogP contribution in [0.25, 0.3) is 0 Å². The molecule has 0 spiro atoms. The molecule has 1 aliphatic carbocycles. The first-order valence-electron chi connectivity index (χ1n) is 26.2. The van der Waals surface area contributed by atoms with E-state index in [4.69, 9.17) is 40.1 Å². The molecule has 6 atom stereocenters. The lowest BCUT2D eigenvalue weighted by Crippen LogP contribution is -2.43. The number of aliphatic hydroxyl groups is 6. The van der Waals surface area contributed by atoms with Gasteiger partial charge in [0.15, 0.2) is 0 Å². The highest BCUT2D eigenvalue weighted by Gasteiger charge is 2.31. The molecule has 5 aromatic rings. The van der Waals surface area contributed by atoms with Gasteiger partial charge in [0.1, 0.15) is 17.8 Å². The lowest BCUT2D eigenvalue weighted by Gasteiger charge is -2.34. The Balaban J connectivity index is 0.000000313. The molecule has 2 fully saturated rings. The number of nitrogens with one attached hydrogen (secondary N) is 2. The maximum absolute atomic E-state index is 13.1. The first-order valence-corrected chi connectivity index (χ1v) is 26.6. The smallest absolute Gasteiger partial charge is 0.410 e. The van der Waals surface area contributed by atoms with E-state index in [1.807, 2.05) is 99.6 Å². The fourth-order valence-electron chi connectivity index (χ4n) is 8.94. The first-order chi connectivity index (χ1) is 37.0. The lowest BCUT2D eigenvalue weighted by molar-refractivity contribution is 0.0204. The molecule has 7 rings (SSSR count). The number of nitrogens with zero attached hydrogens (tertiary/aromatic N) is 1. The first kappa shape index (κ1) is 63.1. The van der Waals surface area contributed by atoms with E-state index in [2.05, 4.69) is 10.6 Å². The Morgan fingerprint density at radius 3 is 1.32 bits per heavy atom. The highest BCUT2D eigenvalue weighted by atomic mass is 35.5. The van der Waals surface area contributed by atoms with Crippen molar-refractivity contribution < 1.29 is 55.5 Å². The van der Waals surface area contributed by atoms with Crippen LogP contribution in [0.1, 0.15) is 146 Å². The molecule has 1 heterocycles. The van der Waals surface area contributed by atoms with Crippen LogP contribution < -0.4 is 16.4 Å². The van der Waals surface area contributed by atoms with Crippen LogP contribution in [0.3, 0.4) is 0 Å². The molecule has 5 aromatic carbocycles. The molecule has 17 heteroatoms. The van der Waals surface area contributed by atoms with Crippen LogP contribution in [-0.4, -0.2) is 123 Å². The number of alkyl halides is 3. The third kappa shape index (κ3) is 21.2. The van der Waals surface area contributed by atoms with Crippen molar-refractivity contribution in [2.24, 2.45) is 5.73 Å². The van der Waals surface area contributed by atoms with E-state index in [1.165, 1.54) is 19.3 Å². The number of rotatable bonds is 15. The van der Waals surface area contributed by atoms with Gasteiger partial charge in [-0.25, -0.2) is 4.79 Å². The molecule has 1 saturated heterocycles. The molecule has 0 bridgehead atoms. The summed E-state index contributed by atoms with van der Waals surface area (Å²) in [6.45, 7) is 5.73. The molecule has 76 heavy (non-hydrogen) atoms. The van der Waals surface area contributed by atoms with Crippen LogP contribution in [0.4, 0.5) is 9.18 Å². The van der Waals surface area contributed by atoms with Gasteiger partial charge in [0.2, 0.25) is 0 Å². The second-order valence-corrected chi connectivity index (χ2v) is 20.1. The van der Waals surface area contributed by atoms with Gasteiger partial charge in [-0.15, -0.1) is 23.2 Å². The van der Waals surface area contributed by atoms with E-state index in [0.717, 1.165) is 42.4 Å². The fourth-order valence-corrected chi connectivity index (χ4v) is 8.94. The molecule has 10 N–H and O–H groups in total. The maximum Gasteiger partial charge on any atom is 0.410 e. The Labute approximate surface area is 459 Å². The highest BCUT2D eigenvalue weighted by molar-refractivity contribution is 6.40. The SMILES string of the molecule is CC(C)(C)OC(=O)N1CCC(c2ccccc2C(=O)N[C@@H](CO)[C@@H](O)c2ccccc2)CC1.ClCCl.N[C@@H](CO)[C@@H](O)c1ccccc1.O=C(N[C@@H](CO)[C@@H](O)c1ccccc1)c1ccccc1C1CCCCC1.[2H]CF. The van der Waals surface area contributed by atoms with Gasteiger partial charge in [-0.05, 0) is 98.2 Å². The predicted molar refractivity (Wildman–Crippen MR) is 298 cm³/mol. The second-order valence-electron chi connectivity index (χ2n) is 19.3. The van der Waals surface area contributed by atoms with Crippen LogP contribution in [0.5, 0.6) is 0 Å². The Kier molecular flexibility index (Phi) is 29.1. The van der Waals surface area contributed by atoms with Gasteiger partial charge in [-0.1, -0.05) is 147 Å². The summed E-state index contributed by atoms with van der Waals surface area (Å²) >= 11 is 9.53. The zero-order valence-electron chi connectivity index (χ0n) is 44.8. The number of halogens is 3. The van der Waals surface area contributed by atoms with E-state index in [-0.39, 0.29) is 42.4 Å². The van der Waals surface area contributed by atoms with Crippen molar-refractivity contribution >= 4 is 41.1 Å². The van der Waals surface area contributed by atoms with Crippen LogP contribution in [-0.2, 0) is 4.74 Å². The zero-order chi connectivity index (χ0) is 56.8. The predicted octanol–water partition coefficient (Wildman–Crippen LogP) is 9.23. The minimum absolute atomic E-state index is 0.122. The molecular formula is C59H79Cl2FN4O10. The van der Waals surface area contributed by atoms with Crippen molar-refractivity contribution in [3.63, 3.8) is 0 Å². The van der Waals surface area contributed by atoms with E-state index in [1.54, 1.807) is 65.6 Å². The topological polar surface area (TPSA) is 235 Å². The number of hydrogen-bond acceptors (Lipinski definition) is 11. The summed E-state index contributed by atoms with van der Waals surface area (Å²) in [5.74, 6) is -0.0380. The number of aliphatic hydroxyl groups excluding tert-OH is 6. The van der Waals surface area contributed by atoms with Crippen LogP contribution in [0.15, 0.2) is 140 Å². The summed E-state index contributed by atoms with van der Waals surface area (Å²) in [7, 11) is -1.00. The van der Waals surface area contributed by atoms with Crippen molar-refractivity contribution in [1.29, 1.82) is 0 Å². The molecule has 0 aromatic heterocycles. The number of piperidine rings is 1. The number of amides is 3. The largest absolute Gasteiger partial charge is 0.444 e. The van der Waals surface area contributed by atoms with E-state index in [0.29, 0.717) is 41.3 Å². The molecular weight excluding hydrogens is 1010 g/mol. The van der Waals surface area contributed by atoms with Gasteiger partial charge in [-0.3, -0.25) is 14.0 Å². The Hall–Kier alpha value is -5.46. The number of carbonyl (C=O) groups excluding carboxylic acids is 3. The van der Waals surface area contributed by atoms with Gasteiger partial charge < -0.3 is 56.6 Å². The average Bonchev–Trinajstić information content (AvgIpc) is 3.46. The van der Waals surface area contributed by atoms with Crippen molar-refractivity contribution in [3.8, 4) is 0 Å². The molecule has 0 unspecified atom stereocenters. The third-order valence-corrected chi connectivity index (χ3v) is 12.9. The molecule has 2 aliphatic rings. The summed E-state index contributed by atoms with van der Waals surface area (Å²) in [6.07, 6.45) is 4.26. The number of likely N-dealkylation sites (tertiary alicyclic amines) is 1. The van der Waals surface area contributed by atoms with Crippen LogP contribution >= 0.6 is 23.2 Å². The molecule has 14 nitrogen and oxygen atoms in total. The van der Waals surface area contributed by atoms with Crippen LogP contribution in [0, 0.1) is 0 Å². The number of nitrogens with two attached hydrogens (primary N) is 1. The molecule has 1 saturated carbocycles. The number of ether oxygens (including phenoxy) is 1. The Morgan fingerprint density at radius 1 is 0.618 bits per heavy atom. The van der Waals surface area contributed by atoms with Crippen molar-refractivity contribution in [1.82, 2.24) is 15.5 Å². The molecule has 416 valence electrons. The maximum atomic E-state index is 13.1. The average molecular weight is 1100 g/mol. The fraction of sp³-hybridized carbons (Fsp3) is 0.441. The second kappa shape index (κ2) is 35.1. The van der Waals surface area contributed by atoms with Gasteiger partial charge in [0.25, 0.3) is 11.8 Å². The highest BCUT2D eigenvalue weighted by Crippen LogP contribution is 2.35. The number of benzene rings is 5. The van der Waals surface area contributed by atoms with Crippen molar-refractivity contribution in [3.05, 3.63) is 178 Å². The summed E-state index contributed by atoms with van der Waals surface area (Å²) in [4.78, 5) is 40.1. The molecule has 0 radical (unpaired) electrons. The quantitative estimate of drug-likeness (QED) is 0.0448. The monoisotopic (exact) mass is 1090 g/mol. The number of hydrogen-bond donors (Lipinski definition) is 9. The molecule has 3 amide bonds. The third-order valence-electron chi connectivity index (χ3n) is 12.9.